The molecule has 0 unspecified atom stereocenters. The van der Waals surface area contributed by atoms with Crippen molar-refractivity contribution < 1.29 is 9.53 Å². The Kier molecular flexibility index (Phi) is 4.59. The third-order valence-electron chi connectivity index (χ3n) is 3.88. The molecule has 0 aliphatic carbocycles. The first-order valence-electron chi connectivity index (χ1n) is 8.00. The van der Waals surface area contributed by atoms with Crippen molar-refractivity contribution in [3.05, 3.63) is 41.0 Å². The van der Waals surface area contributed by atoms with Crippen molar-refractivity contribution in [2.45, 2.75) is 32.7 Å². The zero-order valence-electron chi connectivity index (χ0n) is 14.1. The first-order chi connectivity index (χ1) is 11.6. The van der Waals surface area contributed by atoms with Crippen LogP contribution in [0.15, 0.2) is 18.3 Å². The van der Waals surface area contributed by atoms with Crippen LogP contribution < -0.4 is 15.4 Å². The molecule has 0 atom stereocenters. The predicted molar refractivity (Wildman–Crippen MR) is 90.3 cm³/mol. The van der Waals surface area contributed by atoms with Gasteiger partial charge in [-0.2, -0.15) is 0 Å². The number of pyridine rings is 1. The van der Waals surface area contributed by atoms with Gasteiger partial charge in [-0.3, -0.25) is 4.79 Å². The molecule has 0 aromatic carbocycles. The highest BCUT2D eigenvalue weighted by Gasteiger charge is 2.24. The highest BCUT2D eigenvalue weighted by molar-refractivity contribution is 5.96. The maximum atomic E-state index is 12.1. The fourth-order valence-corrected chi connectivity index (χ4v) is 2.54. The number of nitrogens with zero attached hydrogens (tertiary/aromatic N) is 3. The quantitative estimate of drug-likeness (QED) is 0.872. The Labute approximate surface area is 140 Å². The minimum atomic E-state index is -0.130. The molecule has 0 saturated heterocycles. The van der Waals surface area contributed by atoms with Crippen LogP contribution in [0.2, 0.25) is 0 Å². The molecule has 0 fully saturated rings. The lowest BCUT2D eigenvalue weighted by molar-refractivity contribution is 0.0940. The monoisotopic (exact) mass is 327 g/mol. The molecule has 1 aliphatic rings. The van der Waals surface area contributed by atoms with Gasteiger partial charge in [-0.15, -0.1) is 0 Å². The zero-order chi connectivity index (χ0) is 17.1. The van der Waals surface area contributed by atoms with Crippen molar-refractivity contribution in [2.24, 2.45) is 0 Å². The fraction of sp³-hybridized carbons (Fsp3) is 0.412. The van der Waals surface area contributed by atoms with Crippen molar-refractivity contribution in [3.8, 4) is 5.88 Å². The topological polar surface area (TPSA) is 89.0 Å². The summed E-state index contributed by atoms with van der Waals surface area (Å²) in [6.07, 6.45) is 2.48. The van der Waals surface area contributed by atoms with Crippen LogP contribution in [0.25, 0.3) is 0 Å². The summed E-state index contributed by atoms with van der Waals surface area (Å²) >= 11 is 0. The van der Waals surface area contributed by atoms with Crippen LogP contribution in [-0.4, -0.2) is 34.5 Å². The minimum Gasteiger partial charge on any atom is -0.481 e. The lowest BCUT2D eigenvalue weighted by Gasteiger charge is -2.21. The number of anilines is 1. The van der Waals surface area contributed by atoms with E-state index in [4.69, 9.17) is 4.74 Å². The molecule has 1 aliphatic heterocycles. The van der Waals surface area contributed by atoms with Crippen molar-refractivity contribution >= 4 is 11.7 Å². The molecule has 2 aromatic rings. The van der Waals surface area contributed by atoms with E-state index in [9.17, 15) is 4.79 Å². The summed E-state index contributed by atoms with van der Waals surface area (Å²) in [5.41, 5.74) is 2.37. The molecule has 7 nitrogen and oxygen atoms in total. The van der Waals surface area contributed by atoms with E-state index in [1.54, 1.807) is 13.3 Å². The number of hydrogen-bond acceptors (Lipinski definition) is 6. The molecule has 3 heterocycles. The number of carbonyl (C=O) groups is 1. The number of methoxy groups -OCH3 is 1. The van der Waals surface area contributed by atoms with Crippen LogP contribution >= 0.6 is 0 Å². The Morgan fingerprint density at radius 2 is 2.17 bits per heavy atom. The van der Waals surface area contributed by atoms with E-state index >= 15 is 0 Å². The summed E-state index contributed by atoms with van der Waals surface area (Å²) in [6, 6.07) is 3.77. The largest absolute Gasteiger partial charge is 0.481 e. The van der Waals surface area contributed by atoms with Gasteiger partial charge in [0.2, 0.25) is 5.88 Å². The summed E-state index contributed by atoms with van der Waals surface area (Å²) in [5, 5.41) is 6.17. The van der Waals surface area contributed by atoms with Crippen LogP contribution in [-0.2, 0) is 13.0 Å². The first-order valence-corrected chi connectivity index (χ1v) is 8.00. The van der Waals surface area contributed by atoms with Gasteiger partial charge in [0, 0.05) is 36.8 Å². The fourth-order valence-electron chi connectivity index (χ4n) is 2.54. The lowest BCUT2D eigenvalue weighted by Crippen LogP contribution is -2.34. The maximum absolute atomic E-state index is 12.1. The molecule has 2 N–H and O–H groups in total. The summed E-state index contributed by atoms with van der Waals surface area (Å²) in [6.45, 7) is 5.20. The van der Waals surface area contributed by atoms with E-state index in [2.05, 4.69) is 25.6 Å². The third-order valence-corrected chi connectivity index (χ3v) is 3.88. The van der Waals surface area contributed by atoms with E-state index in [1.807, 2.05) is 26.0 Å². The van der Waals surface area contributed by atoms with Gasteiger partial charge < -0.3 is 15.4 Å². The van der Waals surface area contributed by atoms with E-state index in [-0.39, 0.29) is 11.8 Å². The second-order valence-corrected chi connectivity index (χ2v) is 5.98. The first kappa shape index (κ1) is 16.2. The zero-order valence-corrected chi connectivity index (χ0v) is 14.1. The second-order valence-electron chi connectivity index (χ2n) is 5.98. The number of ether oxygens (including phenoxy) is 1. The Balaban J connectivity index is 1.87. The molecule has 3 rings (SSSR count). The number of rotatable bonds is 5. The molecule has 0 radical (unpaired) electrons. The number of carbonyl (C=O) groups excluding carboxylic acids is 1. The maximum Gasteiger partial charge on any atom is 0.270 e. The van der Waals surface area contributed by atoms with Gasteiger partial charge in [0.15, 0.2) is 0 Å². The number of fused-ring (bicyclic) bond motifs is 1. The molecule has 7 heteroatoms. The molecular formula is C17H21N5O2. The van der Waals surface area contributed by atoms with Crippen molar-refractivity contribution in [3.63, 3.8) is 0 Å². The normalized spacial score (nSPS) is 13.4. The van der Waals surface area contributed by atoms with Gasteiger partial charge in [-0.05, 0) is 12.0 Å². The van der Waals surface area contributed by atoms with Crippen LogP contribution in [0.3, 0.4) is 0 Å². The second kappa shape index (κ2) is 6.82. The Bertz CT molecular complexity index is 743. The van der Waals surface area contributed by atoms with Crippen molar-refractivity contribution in [2.75, 3.05) is 19.0 Å². The average molecular weight is 327 g/mol. The number of amides is 1. The minimum absolute atomic E-state index is 0.130. The van der Waals surface area contributed by atoms with Gasteiger partial charge in [0.1, 0.15) is 17.3 Å². The van der Waals surface area contributed by atoms with Gasteiger partial charge in [-0.1, -0.05) is 19.9 Å². The average Bonchev–Trinajstić information content (AvgIpc) is 2.60. The Morgan fingerprint density at radius 1 is 1.33 bits per heavy atom. The summed E-state index contributed by atoms with van der Waals surface area (Å²) in [4.78, 5) is 25.4. The number of aromatic nitrogens is 3. The highest BCUT2D eigenvalue weighted by Crippen LogP contribution is 2.23. The van der Waals surface area contributed by atoms with Crippen molar-refractivity contribution in [1.29, 1.82) is 0 Å². The van der Waals surface area contributed by atoms with Crippen LogP contribution in [0, 0.1) is 0 Å². The smallest absolute Gasteiger partial charge is 0.270 e. The number of nitrogens with one attached hydrogen (secondary N) is 2. The molecule has 0 saturated carbocycles. The van der Waals surface area contributed by atoms with E-state index in [0.717, 1.165) is 23.4 Å². The lowest BCUT2D eigenvalue weighted by atomic mass is 10.1. The van der Waals surface area contributed by atoms with Gasteiger partial charge >= 0.3 is 0 Å². The van der Waals surface area contributed by atoms with E-state index in [0.29, 0.717) is 30.5 Å². The number of hydrogen-bond donors (Lipinski definition) is 2. The van der Waals surface area contributed by atoms with E-state index in [1.165, 1.54) is 0 Å². The SMILES string of the molecule is COc1ccc(CNc2nc(C(C)C)nc3c2CCNC3=O)cn1. The molecule has 1 amide bonds. The summed E-state index contributed by atoms with van der Waals surface area (Å²) < 4.78 is 5.06. The molecule has 24 heavy (non-hydrogen) atoms. The third kappa shape index (κ3) is 3.29. The predicted octanol–water partition coefficient (Wildman–Crippen LogP) is 1.90. The van der Waals surface area contributed by atoms with E-state index < -0.39 is 0 Å². The molecule has 0 bridgehead atoms. The molecule has 2 aromatic heterocycles. The standard InChI is InChI=1S/C17H21N5O2/c1-10(2)15-21-14-12(6-7-18-17(14)23)16(22-15)20-9-11-4-5-13(24-3)19-8-11/h4-5,8,10H,6-7,9H2,1-3H3,(H,18,23)(H,20,21,22). The van der Waals surface area contributed by atoms with Crippen molar-refractivity contribution in [1.82, 2.24) is 20.3 Å². The van der Waals surface area contributed by atoms with Gasteiger partial charge in [0.25, 0.3) is 5.91 Å². The Hall–Kier alpha value is -2.70. The van der Waals surface area contributed by atoms with Gasteiger partial charge in [0.05, 0.1) is 7.11 Å². The Morgan fingerprint density at radius 3 is 2.83 bits per heavy atom. The van der Waals surface area contributed by atoms with Gasteiger partial charge in [-0.25, -0.2) is 15.0 Å². The van der Waals surface area contributed by atoms with Crippen LogP contribution in [0.5, 0.6) is 5.88 Å². The summed E-state index contributed by atoms with van der Waals surface area (Å²) in [7, 11) is 1.59. The molecular weight excluding hydrogens is 306 g/mol. The molecule has 0 spiro atoms. The molecule has 126 valence electrons. The van der Waals surface area contributed by atoms with Crippen LogP contribution in [0.1, 0.15) is 47.2 Å². The van der Waals surface area contributed by atoms with Crippen LogP contribution in [0.4, 0.5) is 5.82 Å². The highest BCUT2D eigenvalue weighted by atomic mass is 16.5. The summed E-state index contributed by atoms with van der Waals surface area (Å²) in [5.74, 6) is 2.00.